The smallest absolute Gasteiger partial charge is 0.323 e. The highest BCUT2D eigenvalue weighted by Crippen LogP contribution is 2.23. The van der Waals surface area contributed by atoms with Crippen LogP contribution in [0.1, 0.15) is 6.92 Å². The number of rotatable bonds is 5. The van der Waals surface area contributed by atoms with Crippen LogP contribution in [0.4, 0.5) is 8.78 Å². The van der Waals surface area contributed by atoms with Crippen LogP contribution in [0.2, 0.25) is 0 Å². The maximum Gasteiger partial charge on any atom is 0.323 e. The molecule has 0 aliphatic rings. The van der Waals surface area contributed by atoms with Crippen molar-refractivity contribution in [2.75, 3.05) is 12.4 Å². The summed E-state index contributed by atoms with van der Waals surface area (Å²) in [6.07, 6.45) is 0. The van der Waals surface area contributed by atoms with Gasteiger partial charge in [0, 0.05) is 10.6 Å². The molecule has 6 heteroatoms. The minimum atomic E-state index is -0.845. The number of hydrogen-bond acceptors (Lipinski definition) is 4. The van der Waals surface area contributed by atoms with Crippen molar-refractivity contribution in [3.8, 4) is 0 Å². The molecule has 1 aromatic carbocycles. The second-order valence-electron chi connectivity index (χ2n) is 3.24. The van der Waals surface area contributed by atoms with Crippen molar-refractivity contribution in [1.82, 2.24) is 0 Å². The highest BCUT2D eigenvalue weighted by molar-refractivity contribution is 7.99. The van der Waals surface area contributed by atoms with E-state index in [9.17, 15) is 13.6 Å². The number of nitrogens with two attached hydrogens (primary N) is 1. The lowest BCUT2D eigenvalue weighted by molar-refractivity contribution is -0.144. The monoisotopic (exact) mass is 261 g/mol. The van der Waals surface area contributed by atoms with Gasteiger partial charge >= 0.3 is 5.97 Å². The largest absolute Gasteiger partial charge is 0.465 e. The van der Waals surface area contributed by atoms with Crippen molar-refractivity contribution in [2.24, 2.45) is 5.73 Å². The summed E-state index contributed by atoms with van der Waals surface area (Å²) in [4.78, 5) is 11.3. The second kappa shape index (κ2) is 6.56. The SMILES string of the molecule is CCOC(=O)C(N)CSc1cc(F)ccc1F. The van der Waals surface area contributed by atoms with Gasteiger partial charge in [0.2, 0.25) is 0 Å². The number of carbonyl (C=O) groups excluding carboxylic acids is 1. The van der Waals surface area contributed by atoms with Crippen LogP contribution in [-0.2, 0) is 9.53 Å². The normalized spacial score (nSPS) is 12.2. The van der Waals surface area contributed by atoms with E-state index in [1.54, 1.807) is 6.92 Å². The lowest BCUT2D eigenvalue weighted by atomic mass is 10.3. The number of benzene rings is 1. The molecule has 94 valence electrons. The van der Waals surface area contributed by atoms with Crippen LogP contribution < -0.4 is 5.73 Å². The molecule has 17 heavy (non-hydrogen) atoms. The molecule has 0 bridgehead atoms. The number of esters is 1. The van der Waals surface area contributed by atoms with Crippen molar-refractivity contribution in [3.63, 3.8) is 0 Å². The van der Waals surface area contributed by atoms with Crippen molar-refractivity contribution in [2.45, 2.75) is 17.9 Å². The minimum absolute atomic E-state index is 0.129. The molecule has 1 rings (SSSR count). The lowest BCUT2D eigenvalue weighted by Crippen LogP contribution is -2.34. The summed E-state index contributed by atoms with van der Waals surface area (Å²) in [5.74, 6) is -1.47. The van der Waals surface area contributed by atoms with E-state index in [1.165, 1.54) is 0 Å². The van der Waals surface area contributed by atoms with E-state index in [-0.39, 0.29) is 17.3 Å². The third-order valence-electron chi connectivity index (χ3n) is 1.90. The summed E-state index contributed by atoms with van der Waals surface area (Å²) in [6, 6.07) is 2.29. The van der Waals surface area contributed by atoms with Gasteiger partial charge in [0.15, 0.2) is 0 Å². The highest BCUT2D eigenvalue weighted by atomic mass is 32.2. The molecule has 1 aromatic rings. The molecule has 0 heterocycles. The molecule has 0 amide bonds. The summed E-state index contributed by atoms with van der Waals surface area (Å²) in [6.45, 7) is 1.91. The van der Waals surface area contributed by atoms with Gasteiger partial charge in [0.05, 0.1) is 6.61 Å². The topological polar surface area (TPSA) is 52.3 Å². The maximum absolute atomic E-state index is 13.2. The van der Waals surface area contributed by atoms with Gasteiger partial charge in [-0.3, -0.25) is 4.79 Å². The molecular weight excluding hydrogens is 248 g/mol. The van der Waals surface area contributed by atoms with E-state index in [1.807, 2.05) is 0 Å². The highest BCUT2D eigenvalue weighted by Gasteiger charge is 2.16. The minimum Gasteiger partial charge on any atom is -0.465 e. The Kier molecular flexibility index (Phi) is 5.37. The van der Waals surface area contributed by atoms with E-state index in [4.69, 9.17) is 10.5 Å². The zero-order valence-corrected chi connectivity index (χ0v) is 10.1. The molecule has 0 aromatic heterocycles. The molecule has 2 N–H and O–H groups in total. The van der Waals surface area contributed by atoms with Crippen molar-refractivity contribution in [3.05, 3.63) is 29.8 Å². The van der Waals surface area contributed by atoms with Crippen LogP contribution in [0, 0.1) is 11.6 Å². The summed E-state index contributed by atoms with van der Waals surface area (Å²) in [5, 5.41) is 0. The van der Waals surface area contributed by atoms with Gasteiger partial charge in [-0.15, -0.1) is 11.8 Å². The predicted molar refractivity (Wildman–Crippen MR) is 61.7 cm³/mol. The van der Waals surface area contributed by atoms with Gasteiger partial charge < -0.3 is 10.5 Å². The fraction of sp³-hybridized carbons (Fsp3) is 0.364. The Balaban J connectivity index is 2.55. The summed E-state index contributed by atoms with van der Waals surface area (Å²) < 4.78 is 30.8. The first kappa shape index (κ1) is 13.9. The summed E-state index contributed by atoms with van der Waals surface area (Å²) in [5.41, 5.74) is 5.53. The van der Waals surface area contributed by atoms with Crippen LogP contribution in [0.25, 0.3) is 0 Å². The Hall–Kier alpha value is -1.14. The van der Waals surface area contributed by atoms with E-state index in [2.05, 4.69) is 0 Å². The fourth-order valence-electron chi connectivity index (χ4n) is 1.08. The van der Waals surface area contributed by atoms with Gasteiger partial charge in [-0.2, -0.15) is 0 Å². The first-order valence-electron chi connectivity index (χ1n) is 5.04. The van der Waals surface area contributed by atoms with Crippen molar-refractivity contribution >= 4 is 17.7 Å². The molecular formula is C11H13F2NO2S. The van der Waals surface area contributed by atoms with Crippen LogP contribution in [0.15, 0.2) is 23.1 Å². The zero-order chi connectivity index (χ0) is 12.8. The van der Waals surface area contributed by atoms with Gasteiger partial charge in [0.1, 0.15) is 17.7 Å². The number of halogens is 2. The Labute approximate surface area is 102 Å². The molecule has 0 saturated heterocycles. The van der Waals surface area contributed by atoms with Gasteiger partial charge in [0.25, 0.3) is 0 Å². The molecule has 0 aliphatic carbocycles. The van der Waals surface area contributed by atoms with E-state index in [0.29, 0.717) is 0 Å². The van der Waals surface area contributed by atoms with Crippen LogP contribution in [0.5, 0.6) is 0 Å². The molecule has 0 aliphatic heterocycles. The standard InChI is InChI=1S/C11H13F2NO2S/c1-2-16-11(15)9(14)6-17-10-5-7(12)3-4-8(10)13/h3-5,9H,2,6,14H2,1H3. The molecule has 1 unspecified atom stereocenters. The molecule has 0 spiro atoms. The zero-order valence-electron chi connectivity index (χ0n) is 9.28. The molecule has 3 nitrogen and oxygen atoms in total. The Morgan fingerprint density at radius 1 is 1.53 bits per heavy atom. The summed E-state index contributed by atoms with van der Waals surface area (Å²) in [7, 11) is 0. The first-order valence-corrected chi connectivity index (χ1v) is 6.03. The van der Waals surface area contributed by atoms with Crippen molar-refractivity contribution < 1.29 is 18.3 Å². The van der Waals surface area contributed by atoms with E-state index < -0.39 is 23.6 Å². The number of ether oxygens (including phenoxy) is 1. The van der Waals surface area contributed by atoms with E-state index >= 15 is 0 Å². The second-order valence-corrected chi connectivity index (χ2v) is 4.31. The molecule has 1 atom stereocenters. The first-order chi connectivity index (χ1) is 8.04. The molecule has 0 fully saturated rings. The van der Waals surface area contributed by atoms with Crippen LogP contribution >= 0.6 is 11.8 Å². The van der Waals surface area contributed by atoms with E-state index in [0.717, 1.165) is 30.0 Å². The van der Waals surface area contributed by atoms with Crippen LogP contribution in [0.3, 0.4) is 0 Å². The number of hydrogen-bond donors (Lipinski definition) is 1. The maximum atomic E-state index is 13.2. The third kappa shape index (κ3) is 4.32. The van der Waals surface area contributed by atoms with Gasteiger partial charge in [-0.05, 0) is 25.1 Å². The molecule has 0 radical (unpaired) electrons. The molecule has 0 saturated carbocycles. The Morgan fingerprint density at radius 2 is 2.24 bits per heavy atom. The Morgan fingerprint density at radius 3 is 2.88 bits per heavy atom. The van der Waals surface area contributed by atoms with Gasteiger partial charge in [-0.25, -0.2) is 8.78 Å². The quantitative estimate of drug-likeness (QED) is 0.650. The lowest BCUT2D eigenvalue weighted by Gasteiger charge is -2.10. The number of carbonyl (C=O) groups is 1. The fourth-order valence-corrected chi connectivity index (χ4v) is 1.98. The van der Waals surface area contributed by atoms with Crippen molar-refractivity contribution in [1.29, 1.82) is 0 Å². The van der Waals surface area contributed by atoms with Crippen LogP contribution in [-0.4, -0.2) is 24.4 Å². The van der Waals surface area contributed by atoms with Gasteiger partial charge in [-0.1, -0.05) is 0 Å². The average Bonchev–Trinajstić information content (AvgIpc) is 2.30. The average molecular weight is 261 g/mol. The number of thioether (sulfide) groups is 1. The summed E-state index contributed by atoms with van der Waals surface area (Å²) >= 11 is 0.983. The third-order valence-corrected chi connectivity index (χ3v) is 3.05. The Bertz CT molecular complexity index is 401. The predicted octanol–water partition coefficient (Wildman–Crippen LogP) is 1.95.